The van der Waals surface area contributed by atoms with Gasteiger partial charge in [-0.15, -0.1) is 0 Å². The predicted molar refractivity (Wildman–Crippen MR) is 115 cm³/mol. The first-order valence-corrected chi connectivity index (χ1v) is 10.5. The van der Waals surface area contributed by atoms with E-state index in [9.17, 15) is 19.5 Å². The molecule has 1 fully saturated rings. The van der Waals surface area contributed by atoms with Gasteiger partial charge in [0, 0.05) is 35.7 Å². The molecule has 3 aliphatic rings. The smallest absolute Gasteiger partial charge is 0.342 e. The van der Waals surface area contributed by atoms with Crippen LogP contribution in [-0.4, -0.2) is 42.4 Å². The number of carbonyl (C=O) groups is 3. The number of ether oxygens (including phenoxy) is 3. The van der Waals surface area contributed by atoms with Crippen LogP contribution in [0.1, 0.15) is 11.5 Å². The van der Waals surface area contributed by atoms with Crippen LogP contribution in [0.4, 0.5) is 5.69 Å². The molecule has 2 amide bonds. The number of nitrogens with two attached hydrogens (primary N) is 1. The first-order chi connectivity index (χ1) is 15.3. The van der Waals surface area contributed by atoms with Crippen molar-refractivity contribution in [3.8, 4) is 23.0 Å². The summed E-state index contributed by atoms with van der Waals surface area (Å²) in [6.07, 6.45) is 0. The number of imide groups is 1. The molecular formula is C22H18N2O7S. The number of amides is 2. The molecule has 5 rings (SSSR count). The van der Waals surface area contributed by atoms with Gasteiger partial charge in [-0.2, -0.15) is 0 Å². The normalized spacial score (nSPS) is 24.0. The van der Waals surface area contributed by atoms with E-state index in [-0.39, 0.29) is 22.1 Å². The van der Waals surface area contributed by atoms with Gasteiger partial charge in [0.15, 0.2) is 0 Å². The summed E-state index contributed by atoms with van der Waals surface area (Å²) in [6.45, 7) is 0. The maximum Gasteiger partial charge on any atom is 0.342 e. The van der Waals surface area contributed by atoms with Crippen molar-refractivity contribution in [2.75, 3.05) is 19.1 Å². The Morgan fingerprint density at radius 1 is 1.03 bits per heavy atom. The van der Waals surface area contributed by atoms with Gasteiger partial charge < -0.3 is 25.1 Å². The van der Waals surface area contributed by atoms with E-state index in [1.54, 1.807) is 24.3 Å². The molecule has 10 heteroatoms. The van der Waals surface area contributed by atoms with Crippen molar-refractivity contribution in [2.45, 2.75) is 11.2 Å². The van der Waals surface area contributed by atoms with Gasteiger partial charge >= 0.3 is 5.97 Å². The van der Waals surface area contributed by atoms with E-state index in [1.165, 1.54) is 26.4 Å². The second kappa shape index (κ2) is 7.20. The summed E-state index contributed by atoms with van der Waals surface area (Å²) in [5.74, 6) is -2.35. The largest absolute Gasteiger partial charge is 0.508 e. The third kappa shape index (κ3) is 2.83. The van der Waals surface area contributed by atoms with Gasteiger partial charge in [0.1, 0.15) is 28.2 Å². The molecule has 2 aromatic rings. The zero-order valence-electron chi connectivity index (χ0n) is 17.0. The van der Waals surface area contributed by atoms with Crippen LogP contribution in [0.15, 0.2) is 47.0 Å². The molecule has 0 aromatic heterocycles. The standard InChI is InChI=1S/C22H18N2O7S/c1-29-11-5-9(6-12(8-11)30-2)24-20(26)16-15-13-4-3-10(25)7-14(13)31-22(28)17(15)19(23)32-18(16)21(24)27/h3-8,15-16,18,25H,23H2,1-2H3/t15-,16+,18+/m0/s1. The molecule has 0 aliphatic carbocycles. The number of anilines is 1. The Balaban J connectivity index is 1.64. The van der Waals surface area contributed by atoms with Crippen LogP contribution < -0.4 is 24.8 Å². The van der Waals surface area contributed by atoms with Gasteiger partial charge in [-0.25, -0.2) is 9.69 Å². The fraction of sp³-hybridized carbons (Fsp3) is 0.227. The summed E-state index contributed by atoms with van der Waals surface area (Å²) in [4.78, 5) is 40.8. The first-order valence-electron chi connectivity index (χ1n) is 9.66. The van der Waals surface area contributed by atoms with E-state index in [1.807, 2.05) is 0 Å². The number of carbonyl (C=O) groups excluding carboxylic acids is 3. The number of esters is 1. The summed E-state index contributed by atoms with van der Waals surface area (Å²) >= 11 is 0.987. The molecule has 0 spiro atoms. The molecule has 0 unspecified atom stereocenters. The summed E-state index contributed by atoms with van der Waals surface area (Å²) in [6, 6.07) is 9.10. The van der Waals surface area contributed by atoms with Crippen molar-refractivity contribution in [3.63, 3.8) is 0 Å². The minimum absolute atomic E-state index is 0.0855. The number of thioether (sulfide) groups is 1. The van der Waals surface area contributed by atoms with Crippen LogP contribution in [-0.2, 0) is 14.4 Å². The van der Waals surface area contributed by atoms with E-state index >= 15 is 0 Å². The average molecular weight is 454 g/mol. The molecule has 3 aliphatic heterocycles. The number of nitrogens with zero attached hydrogens (tertiary/aromatic N) is 1. The van der Waals surface area contributed by atoms with E-state index < -0.39 is 34.9 Å². The maximum atomic E-state index is 13.6. The Bertz CT molecular complexity index is 1200. The fourth-order valence-electron chi connectivity index (χ4n) is 4.42. The van der Waals surface area contributed by atoms with Crippen LogP contribution >= 0.6 is 11.8 Å². The van der Waals surface area contributed by atoms with Crippen molar-refractivity contribution in [1.82, 2.24) is 0 Å². The molecule has 3 atom stereocenters. The molecule has 3 N–H and O–H groups in total. The number of benzene rings is 2. The number of hydrogen-bond donors (Lipinski definition) is 2. The molecule has 0 saturated carbocycles. The monoisotopic (exact) mass is 454 g/mol. The third-order valence-electron chi connectivity index (χ3n) is 5.83. The topological polar surface area (TPSA) is 128 Å². The number of methoxy groups -OCH3 is 2. The Kier molecular flexibility index (Phi) is 4.55. The molecule has 1 saturated heterocycles. The van der Waals surface area contributed by atoms with Gasteiger partial charge in [0.05, 0.1) is 36.4 Å². The lowest BCUT2D eigenvalue weighted by Crippen LogP contribution is -2.39. The van der Waals surface area contributed by atoms with Crippen molar-refractivity contribution >= 4 is 35.2 Å². The fourth-order valence-corrected chi connectivity index (χ4v) is 5.66. The number of rotatable bonds is 3. The lowest BCUT2D eigenvalue weighted by Gasteiger charge is -2.36. The minimum Gasteiger partial charge on any atom is -0.508 e. The molecule has 3 heterocycles. The molecular weight excluding hydrogens is 436 g/mol. The van der Waals surface area contributed by atoms with Crippen LogP contribution in [0.5, 0.6) is 23.0 Å². The second-order valence-corrected chi connectivity index (χ2v) is 8.70. The molecule has 0 radical (unpaired) electrons. The van der Waals surface area contributed by atoms with Crippen molar-refractivity contribution < 1.29 is 33.7 Å². The van der Waals surface area contributed by atoms with E-state index in [0.29, 0.717) is 22.7 Å². The maximum absolute atomic E-state index is 13.6. The summed E-state index contributed by atoms with van der Waals surface area (Å²) in [5.41, 5.74) is 7.15. The van der Waals surface area contributed by atoms with Crippen LogP contribution in [0.2, 0.25) is 0 Å². The first kappa shape index (κ1) is 20.3. The number of phenols is 1. The quantitative estimate of drug-likeness (QED) is 0.406. The van der Waals surface area contributed by atoms with E-state index in [0.717, 1.165) is 16.7 Å². The van der Waals surface area contributed by atoms with Gasteiger partial charge in [-0.05, 0) is 6.07 Å². The molecule has 164 valence electrons. The van der Waals surface area contributed by atoms with Crippen molar-refractivity contribution in [2.24, 2.45) is 11.7 Å². The lowest BCUT2D eigenvalue weighted by molar-refractivity contribution is -0.131. The third-order valence-corrected chi connectivity index (χ3v) is 7.06. The van der Waals surface area contributed by atoms with E-state index in [2.05, 4.69) is 0 Å². The van der Waals surface area contributed by atoms with Crippen molar-refractivity contribution in [1.29, 1.82) is 0 Å². The lowest BCUT2D eigenvalue weighted by atomic mass is 9.77. The molecule has 9 nitrogen and oxygen atoms in total. The number of hydrogen-bond acceptors (Lipinski definition) is 9. The zero-order chi connectivity index (χ0) is 22.7. The number of phenolic OH excluding ortho intramolecular Hbond substituents is 1. The number of fused-ring (bicyclic) bond motifs is 5. The highest BCUT2D eigenvalue weighted by molar-refractivity contribution is 8.04. The Morgan fingerprint density at radius 2 is 1.72 bits per heavy atom. The molecule has 32 heavy (non-hydrogen) atoms. The van der Waals surface area contributed by atoms with Crippen LogP contribution in [0.3, 0.4) is 0 Å². The van der Waals surface area contributed by atoms with Gasteiger partial charge in [-0.1, -0.05) is 17.8 Å². The molecule has 2 aromatic carbocycles. The highest BCUT2D eigenvalue weighted by atomic mass is 32.2. The minimum atomic E-state index is -0.872. The number of aromatic hydroxyl groups is 1. The van der Waals surface area contributed by atoms with Gasteiger partial charge in [0.25, 0.3) is 0 Å². The molecule has 0 bridgehead atoms. The summed E-state index contributed by atoms with van der Waals surface area (Å²) < 4.78 is 15.9. The van der Waals surface area contributed by atoms with Gasteiger partial charge in [0.2, 0.25) is 11.8 Å². The zero-order valence-corrected chi connectivity index (χ0v) is 17.8. The SMILES string of the molecule is COc1cc(OC)cc(N2C(=O)[C@H]3[C@@H](SC(N)=C4C(=O)Oc5cc(O)ccc5[C@H]43)C2=O)c1. The second-order valence-electron chi connectivity index (χ2n) is 7.51. The van der Waals surface area contributed by atoms with Crippen molar-refractivity contribution in [3.05, 3.63) is 52.6 Å². The summed E-state index contributed by atoms with van der Waals surface area (Å²) in [5, 5.41) is 9.13. The highest BCUT2D eigenvalue weighted by Gasteiger charge is 2.58. The summed E-state index contributed by atoms with van der Waals surface area (Å²) in [7, 11) is 2.94. The van der Waals surface area contributed by atoms with Gasteiger partial charge in [-0.3, -0.25) is 9.59 Å². The Morgan fingerprint density at radius 3 is 2.38 bits per heavy atom. The van der Waals surface area contributed by atoms with Crippen LogP contribution in [0.25, 0.3) is 0 Å². The Labute approximate surface area is 186 Å². The van der Waals surface area contributed by atoms with E-state index in [4.69, 9.17) is 19.9 Å². The van der Waals surface area contributed by atoms with Crippen LogP contribution in [0, 0.1) is 5.92 Å². The Hall–Kier alpha value is -3.66. The highest BCUT2D eigenvalue weighted by Crippen LogP contribution is 2.55. The average Bonchev–Trinajstić information content (AvgIpc) is 3.02. The predicted octanol–water partition coefficient (Wildman–Crippen LogP) is 1.89.